The van der Waals surface area contributed by atoms with Gasteiger partial charge in [-0.15, -0.1) is 0 Å². The van der Waals surface area contributed by atoms with Crippen LogP contribution in [-0.2, 0) is 35.7 Å². The topological polar surface area (TPSA) is 43.8 Å². The van der Waals surface area contributed by atoms with Crippen LogP contribution in [0.3, 0.4) is 0 Å². The van der Waals surface area contributed by atoms with E-state index in [-0.39, 0.29) is 0 Å². The SMILES string of the molecule is CCCCCCCCCCCCCCCCCCCCCCCCCCCC=Cc1cc(C=CCCCCCCCCCCCCCCCCCCCCCCCCCCC)cc(C2=C(CCCC)C(CCCCCC)=C(c3cc(CCCCCC)cc(CCCCCC)c3)[N+]2=[N-])c1.C[O][Ni][O]C. The third-order valence-corrected chi connectivity index (χ3v) is 22.6. The average molecular weight is 1470 g/mol. The molecule has 0 atom stereocenters. The zero-order chi connectivity index (χ0) is 74.0. The number of nitrogens with zero attached hydrogens (tertiary/aromatic N) is 2. The average Bonchev–Trinajstić information content (AvgIpc) is 1.60. The maximum atomic E-state index is 13.1. The van der Waals surface area contributed by atoms with Crippen molar-refractivity contribution in [3.05, 3.63) is 98.6 Å². The summed E-state index contributed by atoms with van der Waals surface area (Å²) in [4.78, 5) is 0. The van der Waals surface area contributed by atoms with Crippen molar-refractivity contribution < 1.29 is 27.5 Å². The van der Waals surface area contributed by atoms with Crippen LogP contribution in [0, 0.1) is 0 Å². The Kier molecular flexibility index (Phi) is 70.1. The predicted octanol–water partition coefficient (Wildman–Crippen LogP) is 34.8. The molecule has 0 bridgehead atoms. The molecule has 0 aliphatic carbocycles. The van der Waals surface area contributed by atoms with E-state index in [0.717, 1.165) is 77.8 Å². The summed E-state index contributed by atoms with van der Waals surface area (Å²) < 4.78 is 10.5. The Labute approximate surface area is 650 Å². The second-order valence-corrected chi connectivity index (χ2v) is 33.1. The van der Waals surface area contributed by atoms with Gasteiger partial charge in [0.05, 0.1) is 0 Å². The van der Waals surface area contributed by atoms with Gasteiger partial charge in [0.2, 0.25) is 11.4 Å². The first kappa shape index (κ1) is 96.5. The van der Waals surface area contributed by atoms with Gasteiger partial charge in [-0.1, -0.05) is 444 Å². The fraction of sp³-hybridized carbons (Fsp3) is 0.796. The molecule has 0 radical (unpaired) electrons. The van der Waals surface area contributed by atoms with E-state index in [1.807, 2.05) is 0 Å². The third-order valence-electron chi connectivity index (χ3n) is 22.3. The van der Waals surface area contributed by atoms with Crippen LogP contribution < -0.4 is 0 Å². The Hall–Kier alpha value is -2.59. The number of aryl methyl sites for hydroxylation is 2. The zero-order valence-corrected chi connectivity index (χ0v) is 71.3. The van der Waals surface area contributed by atoms with E-state index in [4.69, 9.17) is 0 Å². The van der Waals surface area contributed by atoms with Crippen LogP contribution in [0.5, 0.6) is 0 Å². The summed E-state index contributed by atoms with van der Waals surface area (Å²) in [6.07, 6.45) is 105. The van der Waals surface area contributed by atoms with Crippen LogP contribution in [-0.4, -0.2) is 18.9 Å². The molecular weight excluding hydrogens is 1300 g/mol. The Morgan fingerprint density at radius 3 is 0.738 bits per heavy atom. The van der Waals surface area contributed by atoms with Gasteiger partial charge in [-0.25, -0.2) is 4.70 Å². The van der Waals surface area contributed by atoms with Crippen molar-refractivity contribution in [1.82, 2.24) is 0 Å². The molecule has 0 saturated heterocycles. The van der Waals surface area contributed by atoms with Crippen LogP contribution in [0.1, 0.15) is 512 Å². The standard InChI is InChI=1S/C96H168N2.2CH3O.Ni/c1-7-13-19-24-26-28-30-32-34-36-38-40-42-44-46-48-50-52-54-56-58-60-62-64-66-68-72-77-89-82-90(78-73-69-67-65-63-61-59-57-55-53-51-49-47-45-43-41-39-37-35-33-31-29-27-25-20-14-8-2)86-91(85-89)95-93(79-18-12-6)94(80-74-23-17-11-5)96(98(95)97)92-83-87(75-70-21-15-9-3)81-88(84-92)76-71-22-16-10-4;2*1-2;/h72-73,77-78,81-86H,7-71,74-76,79-80H2,1-6H3;2*1H3;/q;2*-1;+2. The molecule has 1 aliphatic heterocycles. The molecule has 0 spiro atoms. The molecular formula is C98H174N2NiO2. The zero-order valence-electron chi connectivity index (χ0n) is 70.3. The van der Waals surface area contributed by atoms with E-state index in [1.54, 1.807) is 18.9 Å². The van der Waals surface area contributed by atoms with Crippen LogP contribution in [0.25, 0.3) is 29.1 Å². The van der Waals surface area contributed by atoms with Gasteiger partial charge in [-0.2, -0.15) is 0 Å². The Morgan fingerprint density at radius 1 is 0.262 bits per heavy atom. The van der Waals surface area contributed by atoms with Gasteiger partial charge in [-0.05, 0) is 130 Å². The van der Waals surface area contributed by atoms with Gasteiger partial charge in [0.25, 0.3) is 0 Å². The van der Waals surface area contributed by atoms with Crippen molar-refractivity contribution >= 4 is 23.5 Å². The number of unbranched alkanes of at least 4 members (excludes halogenated alkanes) is 60. The van der Waals surface area contributed by atoms with Crippen molar-refractivity contribution in [3.63, 3.8) is 0 Å². The molecule has 1 aliphatic rings. The quantitative estimate of drug-likeness (QED) is 0.0376. The fourth-order valence-corrected chi connectivity index (χ4v) is 16.0. The van der Waals surface area contributed by atoms with E-state index in [2.05, 4.69) is 110 Å². The van der Waals surface area contributed by atoms with Crippen molar-refractivity contribution in [1.29, 1.82) is 0 Å². The summed E-state index contributed by atoms with van der Waals surface area (Å²) in [5.41, 5.74) is 25.9. The maximum absolute atomic E-state index is 13.1. The molecule has 4 nitrogen and oxygen atoms in total. The third kappa shape index (κ3) is 54.6. The molecule has 0 unspecified atom stereocenters. The molecule has 1 heterocycles. The van der Waals surface area contributed by atoms with Crippen molar-refractivity contribution in [3.8, 4) is 0 Å². The van der Waals surface area contributed by atoms with Gasteiger partial charge >= 0.3 is 37.1 Å². The molecule has 5 heteroatoms. The number of hydrogen-bond donors (Lipinski definition) is 0. The molecule has 0 aromatic heterocycles. The Morgan fingerprint density at radius 2 is 0.485 bits per heavy atom. The molecule has 0 amide bonds. The first-order valence-electron chi connectivity index (χ1n) is 46.2. The number of benzene rings is 2. The van der Waals surface area contributed by atoms with E-state index in [0.29, 0.717) is 0 Å². The van der Waals surface area contributed by atoms with Gasteiger partial charge in [0, 0.05) is 22.3 Å². The molecule has 0 N–H and O–H groups in total. The molecule has 0 saturated carbocycles. The second-order valence-electron chi connectivity index (χ2n) is 32.1. The Bertz CT molecular complexity index is 2210. The van der Waals surface area contributed by atoms with Gasteiger partial charge in [-0.3, -0.25) is 0 Å². The number of rotatable bonds is 76. The summed E-state index contributed by atoms with van der Waals surface area (Å²) in [5, 5.41) is 0. The molecule has 2 aromatic carbocycles. The Balaban J connectivity index is 0.00000695. The number of allylic oxidation sites excluding steroid dienone is 4. The first-order chi connectivity index (χ1) is 50.9. The summed E-state index contributed by atoms with van der Waals surface area (Å²) in [7, 11) is 3.12. The van der Waals surface area contributed by atoms with E-state index < -0.39 is 0 Å². The van der Waals surface area contributed by atoms with Crippen molar-refractivity contribution in [2.75, 3.05) is 14.2 Å². The minimum absolute atomic E-state index is 0.819. The predicted molar refractivity (Wildman–Crippen MR) is 458 cm³/mol. The van der Waals surface area contributed by atoms with Gasteiger partial charge < -0.3 is 5.53 Å². The first-order valence-corrected chi connectivity index (χ1v) is 47.0. The van der Waals surface area contributed by atoms with Crippen LogP contribution in [0.4, 0.5) is 0 Å². The molecule has 3 rings (SSSR count). The normalized spacial score (nSPS) is 12.7. The van der Waals surface area contributed by atoms with E-state index in [9.17, 15) is 5.53 Å². The monoisotopic (exact) mass is 1470 g/mol. The van der Waals surface area contributed by atoms with Gasteiger partial charge in [0.1, 0.15) is 0 Å². The van der Waals surface area contributed by atoms with Crippen molar-refractivity contribution in [2.24, 2.45) is 0 Å². The second kappa shape index (κ2) is 74.9. The molecule has 0 fully saturated rings. The van der Waals surface area contributed by atoms with Gasteiger partial charge in [0.15, 0.2) is 0 Å². The number of hydrogen-bond acceptors (Lipinski definition) is 2. The summed E-state index contributed by atoms with van der Waals surface area (Å²) in [6, 6.07) is 14.7. The summed E-state index contributed by atoms with van der Waals surface area (Å²) in [6.45, 7) is 13.9. The van der Waals surface area contributed by atoms with Crippen LogP contribution >= 0.6 is 0 Å². The van der Waals surface area contributed by atoms with E-state index >= 15 is 0 Å². The molecule has 103 heavy (non-hydrogen) atoms. The summed E-state index contributed by atoms with van der Waals surface area (Å²) >= 11 is 0.819. The molecule has 2 aromatic rings. The summed E-state index contributed by atoms with van der Waals surface area (Å²) in [5.74, 6) is 0. The van der Waals surface area contributed by atoms with Crippen LogP contribution in [0.2, 0.25) is 0 Å². The molecule has 598 valence electrons. The fourth-order valence-electron chi connectivity index (χ4n) is 15.9. The van der Waals surface area contributed by atoms with Crippen molar-refractivity contribution in [2.45, 2.75) is 491 Å². The minimum atomic E-state index is 0.819. The van der Waals surface area contributed by atoms with E-state index in [1.165, 1.54) is 443 Å². The van der Waals surface area contributed by atoms with Crippen LogP contribution in [0.15, 0.2) is 59.7 Å².